The van der Waals surface area contributed by atoms with E-state index in [9.17, 15) is 0 Å². The maximum absolute atomic E-state index is 3.59. The van der Waals surface area contributed by atoms with Crippen LogP contribution in [0.4, 0.5) is 0 Å². The van der Waals surface area contributed by atoms with Crippen LogP contribution in [0.15, 0.2) is 12.2 Å². The van der Waals surface area contributed by atoms with Gasteiger partial charge in [0, 0.05) is 25.7 Å². The van der Waals surface area contributed by atoms with Crippen molar-refractivity contribution in [2.75, 3.05) is 26.2 Å². The Morgan fingerprint density at radius 2 is 2.38 bits per heavy atom. The van der Waals surface area contributed by atoms with Crippen LogP contribution in [0, 0.1) is 5.92 Å². The summed E-state index contributed by atoms with van der Waals surface area (Å²) in [6, 6.07) is 0.742. The molecule has 2 unspecified atom stereocenters. The topological polar surface area (TPSA) is 15.3 Å². The van der Waals surface area contributed by atoms with E-state index in [1.165, 1.54) is 32.5 Å². The molecule has 0 aromatic rings. The highest BCUT2D eigenvalue weighted by atomic mass is 15.2. The zero-order valence-corrected chi connectivity index (χ0v) is 8.50. The molecule has 2 heteroatoms. The molecule has 0 radical (unpaired) electrons. The summed E-state index contributed by atoms with van der Waals surface area (Å²) in [5.74, 6) is 0.867. The maximum atomic E-state index is 3.59. The smallest absolute Gasteiger partial charge is 0.0221 e. The number of nitrogens with one attached hydrogen (secondary N) is 1. The molecule has 74 valence electrons. The minimum absolute atomic E-state index is 0.742. The van der Waals surface area contributed by atoms with E-state index in [1.54, 1.807) is 0 Å². The number of hydrogen-bond acceptors (Lipinski definition) is 2. The first kappa shape index (κ1) is 9.22. The largest absolute Gasteiger partial charge is 0.312 e. The third kappa shape index (κ3) is 2.32. The molecule has 2 aliphatic heterocycles. The molecule has 13 heavy (non-hydrogen) atoms. The van der Waals surface area contributed by atoms with Crippen molar-refractivity contribution in [2.45, 2.75) is 25.8 Å². The summed E-state index contributed by atoms with van der Waals surface area (Å²) in [7, 11) is 0. The molecule has 2 atom stereocenters. The fourth-order valence-electron chi connectivity index (χ4n) is 2.28. The van der Waals surface area contributed by atoms with E-state index in [4.69, 9.17) is 0 Å². The first-order chi connectivity index (χ1) is 6.36. The molecule has 0 spiro atoms. The van der Waals surface area contributed by atoms with E-state index in [0.717, 1.165) is 18.5 Å². The van der Waals surface area contributed by atoms with E-state index in [0.29, 0.717) is 0 Å². The van der Waals surface area contributed by atoms with Crippen LogP contribution in [-0.2, 0) is 0 Å². The predicted molar refractivity (Wildman–Crippen MR) is 55.8 cm³/mol. The van der Waals surface area contributed by atoms with Crippen molar-refractivity contribution in [3.05, 3.63) is 12.2 Å². The average molecular weight is 180 g/mol. The molecule has 1 N–H and O–H groups in total. The Morgan fingerprint density at radius 3 is 3.00 bits per heavy atom. The summed E-state index contributed by atoms with van der Waals surface area (Å²) >= 11 is 0. The van der Waals surface area contributed by atoms with E-state index < -0.39 is 0 Å². The maximum Gasteiger partial charge on any atom is 0.0221 e. The molecular formula is C11H20N2. The van der Waals surface area contributed by atoms with E-state index >= 15 is 0 Å². The fourth-order valence-corrected chi connectivity index (χ4v) is 2.28. The highest BCUT2D eigenvalue weighted by molar-refractivity contribution is 4.93. The number of nitrogens with zero attached hydrogens (tertiary/aromatic N) is 1. The van der Waals surface area contributed by atoms with E-state index in [-0.39, 0.29) is 0 Å². The van der Waals surface area contributed by atoms with Gasteiger partial charge in [-0.3, -0.25) is 4.90 Å². The normalized spacial score (nSPS) is 35.5. The predicted octanol–water partition coefficient (Wildman–Crippen LogP) is 1.25. The molecule has 2 aliphatic rings. The zero-order valence-electron chi connectivity index (χ0n) is 8.50. The monoisotopic (exact) mass is 180 g/mol. The molecule has 2 nitrogen and oxygen atoms in total. The molecule has 2 heterocycles. The molecule has 0 amide bonds. The van der Waals surface area contributed by atoms with Crippen LogP contribution in [0.5, 0.6) is 0 Å². The van der Waals surface area contributed by atoms with Crippen molar-refractivity contribution in [2.24, 2.45) is 5.92 Å². The van der Waals surface area contributed by atoms with Gasteiger partial charge in [0.25, 0.3) is 0 Å². The fraction of sp³-hybridized carbons (Fsp3) is 0.818. The molecular weight excluding hydrogens is 160 g/mol. The van der Waals surface area contributed by atoms with Crippen LogP contribution in [-0.4, -0.2) is 37.1 Å². The minimum atomic E-state index is 0.742. The lowest BCUT2D eigenvalue weighted by Crippen LogP contribution is -2.41. The Kier molecular flexibility index (Phi) is 3.01. The summed E-state index contributed by atoms with van der Waals surface area (Å²) in [5, 5.41) is 3.59. The molecule has 1 fully saturated rings. The van der Waals surface area contributed by atoms with Crippen molar-refractivity contribution in [3.8, 4) is 0 Å². The van der Waals surface area contributed by atoms with Gasteiger partial charge in [-0.1, -0.05) is 19.1 Å². The lowest BCUT2D eigenvalue weighted by molar-refractivity contribution is 0.252. The van der Waals surface area contributed by atoms with Crippen LogP contribution >= 0.6 is 0 Å². The summed E-state index contributed by atoms with van der Waals surface area (Å²) in [5.41, 5.74) is 0. The Bertz CT molecular complexity index is 189. The van der Waals surface area contributed by atoms with Gasteiger partial charge in [0.1, 0.15) is 0 Å². The first-order valence-corrected chi connectivity index (χ1v) is 5.47. The quantitative estimate of drug-likeness (QED) is 0.643. The Balaban J connectivity index is 1.79. The van der Waals surface area contributed by atoms with Crippen LogP contribution in [0.25, 0.3) is 0 Å². The molecule has 1 saturated heterocycles. The second-order valence-corrected chi connectivity index (χ2v) is 4.35. The van der Waals surface area contributed by atoms with Gasteiger partial charge in [-0.05, 0) is 25.3 Å². The first-order valence-electron chi connectivity index (χ1n) is 5.47. The number of hydrogen-bond donors (Lipinski definition) is 1. The third-order valence-electron chi connectivity index (χ3n) is 3.29. The molecule has 0 aliphatic carbocycles. The summed E-state index contributed by atoms with van der Waals surface area (Å²) in [6.45, 7) is 7.23. The van der Waals surface area contributed by atoms with Gasteiger partial charge in [0.15, 0.2) is 0 Å². The van der Waals surface area contributed by atoms with Crippen LogP contribution in [0.2, 0.25) is 0 Å². The molecule has 0 bridgehead atoms. The average Bonchev–Trinajstić information content (AvgIpc) is 2.54. The standard InChI is InChI=1S/C11H20N2/c1-10-5-6-12-11(10)9-13-7-3-2-4-8-13/h2-3,10-12H,4-9H2,1H3. The van der Waals surface area contributed by atoms with Gasteiger partial charge in [0.2, 0.25) is 0 Å². The van der Waals surface area contributed by atoms with Crippen molar-refractivity contribution in [1.82, 2.24) is 10.2 Å². The Hall–Kier alpha value is -0.340. The summed E-state index contributed by atoms with van der Waals surface area (Å²) in [6.07, 6.45) is 7.18. The SMILES string of the molecule is CC1CCNC1CN1CC=CCC1. The Labute approximate surface area is 81.0 Å². The third-order valence-corrected chi connectivity index (χ3v) is 3.29. The van der Waals surface area contributed by atoms with E-state index in [2.05, 4.69) is 29.3 Å². The van der Waals surface area contributed by atoms with Gasteiger partial charge in [-0.15, -0.1) is 0 Å². The molecule has 0 aromatic heterocycles. The lowest BCUT2D eigenvalue weighted by Gasteiger charge is -2.28. The molecule has 0 aromatic carbocycles. The van der Waals surface area contributed by atoms with E-state index in [1.807, 2.05) is 0 Å². The molecule has 2 rings (SSSR count). The second kappa shape index (κ2) is 4.25. The lowest BCUT2D eigenvalue weighted by atomic mass is 10.0. The van der Waals surface area contributed by atoms with Gasteiger partial charge in [-0.25, -0.2) is 0 Å². The van der Waals surface area contributed by atoms with Gasteiger partial charge in [0.05, 0.1) is 0 Å². The summed E-state index contributed by atoms with van der Waals surface area (Å²) < 4.78 is 0. The van der Waals surface area contributed by atoms with Gasteiger partial charge < -0.3 is 5.32 Å². The van der Waals surface area contributed by atoms with Crippen LogP contribution < -0.4 is 5.32 Å². The zero-order chi connectivity index (χ0) is 9.10. The number of rotatable bonds is 2. The van der Waals surface area contributed by atoms with Crippen molar-refractivity contribution in [3.63, 3.8) is 0 Å². The second-order valence-electron chi connectivity index (χ2n) is 4.35. The van der Waals surface area contributed by atoms with Crippen molar-refractivity contribution < 1.29 is 0 Å². The summed E-state index contributed by atoms with van der Waals surface area (Å²) in [4.78, 5) is 2.56. The highest BCUT2D eigenvalue weighted by Crippen LogP contribution is 2.16. The van der Waals surface area contributed by atoms with Crippen LogP contribution in [0.1, 0.15) is 19.8 Å². The van der Waals surface area contributed by atoms with Gasteiger partial charge in [-0.2, -0.15) is 0 Å². The highest BCUT2D eigenvalue weighted by Gasteiger charge is 2.24. The Morgan fingerprint density at radius 1 is 1.46 bits per heavy atom. The van der Waals surface area contributed by atoms with Crippen molar-refractivity contribution >= 4 is 0 Å². The molecule has 0 saturated carbocycles. The van der Waals surface area contributed by atoms with Gasteiger partial charge >= 0.3 is 0 Å². The van der Waals surface area contributed by atoms with Crippen molar-refractivity contribution in [1.29, 1.82) is 0 Å². The van der Waals surface area contributed by atoms with Crippen LogP contribution in [0.3, 0.4) is 0 Å². The minimum Gasteiger partial charge on any atom is -0.312 e.